The molecular weight excluding hydrogens is 571 g/mol. The van der Waals surface area contributed by atoms with Crippen LogP contribution in [0.1, 0.15) is 42.1 Å². The topological polar surface area (TPSA) is 168 Å². The predicted octanol–water partition coefficient (Wildman–Crippen LogP) is 3.12. The number of hydrogen-bond donors (Lipinski definition) is 3. The molecule has 0 bridgehead atoms. The van der Waals surface area contributed by atoms with Gasteiger partial charge in [-0.2, -0.15) is 13.2 Å². The van der Waals surface area contributed by atoms with Crippen LogP contribution in [0.5, 0.6) is 5.75 Å². The van der Waals surface area contributed by atoms with Gasteiger partial charge in [-0.25, -0.2) is 23.2 Å². The first-order valence-electron chi connectivity index (χ1n) is 12.0. The Balaban J connectivity index is 1.40. The second-order valence-corrected chi connectivity index (χ2v) is 11.6. The van der Waals surface area contributed by atoms with Gasteiger partial charge in [0.15, 0.2) is 0 Å². The summed E-state index contributed by atoms with van der Waals surface area (Å²) >= 11 is 0.926. The molecule has 1 amide bonds. The van der Waals surface area contributed by atoms with Gasteiger partial charge in [0, 0.05) is 6.54 Å². The van der Waals surface area contributed by atoms with Crippen molar-refractivity contribution in [2.24, 2.45) is 10.9 Å². The molecule has 0 saturated heterocycles. The van der Waals surface area contributed by atoms with E-state index < -0.39 is 27.8 Å². The van der Waals surface area contributed by atoms with Gasteiger partial charge in [-0.3, -0.25) is 4.79 Å². The number of fused-ring (bicyclic) bond motifs is 1. The monoisotopic (exact) mass is 597 g/mol. The van der Waals surface area contributed by atoms with Crippen molar-refractivity contribution in [3.63, 3.8) is 0 Å². The van der Waals surface area contributed by atoms with Gasteiger partial charge < -0.3 is 15.8 Å². The third-order valence-electron chi connectivity index (χ3n) is 5.83. The molecule has 4 rings (SSSR count). The van der Waals surface area contributed by atoms with Gasteiger partial charge >= 0.3 is 6.18 Å². The lowest BCUT2D eigenvalue weighted by molar-refractivity contribution is -0.137. The first-order valence-corrected chi connectivity index (χ1v) is 14.4. The van der Waals surface area contributed by atoms with E-state index in [4.69, 9.17) is 15.6 Å². The van der Waals surface area contributed by atoms with Gasteiger partial charge in [0.25, 0.3) is 10.0 Å². The zero-order chi connectivity index (χ0) is 28.9. The molecule has 2 heterocycles. The molecule has 2 aromatic carbocycles. The Kier molecular flexibility index (Phi) is 9.02. The van der Waals surface area contributed by atoms with Crippen LogP contribution in [0, 0.1) is 0 Å². The minimum atomic E-state index is -4.44. The van der Waals surface area contributed by atoms with Gasteiger partial charge in [-0.05, 0) is 61.7 Å². The molecule has 0 aliphatic rings. The van der Waals surface area contributed by atoms with Crippen LogP contribution >= 0.6 is 11.3 Å². The fourth-order valence-corrected chi connectivity index (χ4v) is 5.45. The van der Waals surface area contributed by atoms with E-state index >= 15 is 0 Å². The van der Waals surface area contributed by atoms with Crippen LogP contribution in [0.15, 0.2) is 53.0 Å². The van der Waals surface area contributed by atoms with Crippen molar-refractivity contribution < 1.29 is 31.1 Å². The molecule has 1 atom stereocenters. The molecule has 16 heteroatoms. The van der Waals surface area contributed by atoms with E-state index in [2.05, 4.69) is 20.6 Å². The molecular formula is C24H26F3N7O4S2. The molecule has 0 aliphatic carbocycles. The lowest BCUT2D eigenvalue weighted by Gasteiger charge is -2.17. The number of alkyl halides is 3. The Labute approximate surface area is 231 Å². The third kappa shape index (κ3) is 7.53. The van der Waals surface area contributed by atoms with Crippen molar-refractivity contribution in [3.05, 3.63) is 65.5 Å². The van der Waals surface area contributed by atoms with E-state index in [0.29, 0.717) is 53.0 Å². The number of halogens is 3. The van der Waals surface area contributed by atoms with E-state index in [1.54, 1.807) is 24.4 Å². The van der Waals surface area contributed by atoms with Crippen molar-refractivity contribution in [3.8, 4) is 5.75 Å². The number of unbranched alkanes of at least 4 members (excludes halogenated alkanes) is 1. The van der Waals surface area contributed by atoms with Crippen LogP contribution in [0.3, 0.4) is 0 Å². The highest BCUT2D eigenvalue weighted by atomic mass is 32.2. The summed E-state index contributed by atoms with van der Waals surface area (Å²) in [7, 11) is -3.92. The molecule has 0 aliphatic heterocycles. The molecule has 11 nitrogen and oxygen atoms in total. The van der Waals surface area contributed by atoms with Crippen LogP contribution in [-0.4, -0.2) is 40.8 Å². The van der Waals surface area contributed by atoms with Crippen molar-refractivity contribution in [2.45, 2.75) is 49.0 Å². The molecule has 5 N–H and O–H groups in total. The Hall–Kier alpha value is -3.60. The molecule has 0 radical (unpaired) electrons. The Morgan fingerprint density at radius 1 is 1.15 bits per heavy atom. The molecule has 0 unspecified atom stereocenters. The maximum absolute atomic E-state index is 13.0. The fourth-order valence-electron chi connectivity index (χ4n) is 3.77. The summed E-state index contributed by atoms with van der Waals surface area (Å²) in [6, 6.07) is 8.73. The predicted molar refractivity (Wildman–Crippen MR) is 141 cm³/mol. The minimum absolute atomic E-state index is 0.0229. The van der Waals surface area contributed by atoms with Crippen molar-refractivity contribution in [2.75, 3.05) is 6.54 Å². The van der Waals surface area contributed by atoms with Gasteiger partial charge in [0.05, 0.1) is 22.0 Å². The zero-order valence-corrected chi connectivity index (χ0v) is 22.6. The normalized spacial score (nSPS) is 12.9. The van der Waals surface area contributed by atoms with E-state index in [9.17, 15) is 26.4 Å². The molecule has 4 aromatic rings. The summed E-state index contributed by atoms with van der Waals surface area (Å²) in [6.07, 6.45) is -1.09. The number of nitrogens with one attached hydrogen (secondary N) is 1. The minimum Gasteiger partial charge on any atom is -0.487 e. The molecule has 2 aromatic heterocycles. The van der Waals surface area contributed by atoms with Gasteiger partial charge in [0.1, 0.15) is 24.1 Å². The van der Waals surface area contributed by atoms with Crippen LogP contribution < -0.4 is 20.9 Å². The highest BCUT2D eigenvalue weighted by Gasteiger charge is 2.30. The number of hydrogen-bond acceptors (Lipinski definition) is 9. The average molecular weight is 598 g/mol. The second-order valence-electron chi connectivity index (χ2n) is 8.85. The second kappa shape index (κ2) is 12.3. The van der Waals surface area contributed by atoms with E-state index in [0.717, 1.165) is 23.5 Å². The maximum Gasteiger partial charge on any atom is 0.416 e. The Bertz CT molecular complexity index is 1570. The number of sulfonamides is 1. The summed E-state index contributed by atoms with van der Waals surface area (Å²) in [5.74, 6) is 0.0797. The van der Waals surface area contributed by atoms with Gasteiger partial charge in [0.2, 0.25) is 10.2 Å². The molecule has 214 valence electrons. The Morgan fingerprint density at radius 2 is 1.90 bits per heavy atom. The van der Waals surface area contributed by atoms with Crippen molar-refractivity contribution >= 4 is 37.5 Å². The van der Waals surface area contributed by atoms with Crippen LogP contribution in [0.4, 0.5) is 13.2 Å². The van der Waals surface area contributed by atoms with E-state index in [1.807, 2.05) is 0 Å². The number of amides is 1. The molecule has 0 spiro atoms. The number of benzene rings is 2. The van der Waals surface area contributed by atoms with E-state index in [-0.39, 0.29) is 23.4 Å². The quantitative estimate of drug-likeness (QED) is 0.209. The standard InChI is InChI=1S/C24H26F3N7O4S2/c25-24(26,27)16-6-4-15(5-7-16)12-30-22(35)20(3-1-2-10-28)34-13-17(32-33-34)14-38-18-8-9-19-21(11-18)39-23(31-19)40(29,36)37/h4-9,11,13,20H,1-3,10,12,14,28H2,(H,30,35)(H2,29,36,37)/t20-/m0/s1. The number of carbonyl (C=O) groups excluding carboxylic acids is 1. The van der Waals surface area contributed by atoms with Crippen LogP contribution in [0.25, 0.3) is 10.2 Å². The van der Waals surface area contributed by atoms with Crippen LogP contribution in [0.2, 0.25) is 0 Å². The smallest absolute Gasteiger partial charge is 0.416 e. The molecule has 40 heavy (non-hydrogen) atoms. The van der Waals surface area contributed by atoms with E-state index in [1.165, 1.54) is 16.8 Å². The molecule has 0 saturated carbocycles. The summed E-state index contributed by atoms with van der Waals surface area (Å²) < 4.78 is 69.1. The highest BCUT2D eigenvalue weighted by Crippen LogP contribution is 2.30. The first kappa shape index (κ1) is 29.4. The summed E-state index contributed by atoms with van der Waals surface area (Å²) in [5.41, 5.74) is 6.25. The van der Waals surface area contributed by atoms with Crippen LogP contribution in [-0.2, 0) is 34.1 Å². The number of rotatable bonds is 12. The maximum atomic E-state index is 13.0. The summed E-state index contributed by atoms with van der Waals surface area (Å²) in [4.78, 5) is 17.0. The number of carbonyl (C=O) groups is 1. The van der Waals surface area contributed by atoms with Gasteiger partial charge in [-0.15, -0.1) is 16.4 Å². The Morgan fingerprint density at radius 3 is 2.58 bits per heavy atom. The van der Waals surface area contributed by atoms with Crippen molar-refractivity contribution in [1.82, 2.24) is 25.3 Å². The number of nitrogens with two attached hydrogens (primary N) is 2. The fraction of sp³-hybridized carbons (Fsp3) is 0.333. The highest BCUT2D eigenvalue weighted by molar-refractivity contribution is 7.91. The number of primary sulfonamides is 1. The number of ether oxygens (including phenoxy) is 1. The first-order chi connectivity index (χ1) is 18.9. The molecule has 0 fully saturated rings. The SMILES string of the molecule is NCCCC[C@@H](C(=O)NCc1ccc(C(F)(F)F)cc1)n1cc(COc2ccc3nc(S(N)(=O)=O)sc3c2)nn1. The average Bonchev–Trinajstić information content (AvgIpc) is 3.55. The lowest BCUT2D eigenvalue weighted by atomic mass is 10.1. The summed E-state index contributed by atoms with van der Waals surface area (Å²) in [5, 5.41) is 16.1. The number of nitrogens with zero attached hydrogens (tertiary/aromatic N) is 4. The summed E-state index contributed by atoms with van der Waals surface area (Å²) in [6.45, 7) is 0.524. The lowest BCUT2D eigenvalue weighted by Crippen LogP contribution is -2.32. The van der Waals surface area contributed by atoms with Gasteiger partial charge in [-0.1, -0.05) is 17.3 Å². The van der Waals surface area contributed by atoms with Crippen molar-refractivity contribution in [1.29, 1.82) is 0 Å². The number of aromatic nitrogens is 4. The number of thiazole rings is 1. The third-order valence-corrected chi connectivity index (χ3v) is 8.17. The zero-order valence-electron chi connectivity index (χ0n) is 21.0. The largest absolute Gasteiger partial charge is 0.487 e.